The molecule has 1 aliphatic heterocycles. The van der Waals surface area contributed by atoms with E-state index in [0.717, 1.165) is 0 Å². The van der Waals surface area contributed by atoms with E-state index in [-0.39, 0.29) is 23.5 Å². The van der Waals surface area contributed by atoms with Crippen LogP contribution in [0.15, 0.2) is 24.3 Å². The number of ether oxygens (including phenoxy) is 1. The SMILES string of the molecule is CC1CC(C(=O)N(C)c2ccccc2C(=O)O)CO1. The van der Waals surface area contributed by atoms with Crippen LogP contribution >= 0.6 is 0 Å². The van der Waals surface area contributed by atoms with E-state index in [2.05, 4.69) is 0 Å². The molecule has 2 unspecified atom stereocenters. The Bertz CT molecular complexity index is 500. The van der Waals surface area contributed by atoms with E-state index < -0.39 is 5.97 Å². The van der Waals surface area contributed by atoms with Crippen molar-refractivity contribution in [1.29, 1.82) is 0 Å². The zero-order chi connectivity index (χ0) is 14.0. The highest BCUT2D eigenvalue weighted by molar-refractivity contribution is 6.02. The van der Waals surface area contributed by atoms with E-state index in [1.165, 1.54) is 11.0 Å². The topological polar surface area (TPSA) is 66.8 Å². The van der Waals surface area contributed by atoms with Crippen LogP contribution in [0.4, 0.5) is 5.69 Å². The number of benzene rings is 1. The lowest BCUT2D eigenvalue weighted by Crippen LogP contribution is -2.34. The number of hydrogen-bond acceptors (Lipinski definition) is 3. The van der Waals surface area contributed by atoms with Gasteiger partial charge in [0.15, 0.2) is 0 Å². The summed E-state index contributed by atoms with van der Waals surface area (Å²) in [6.45, 7) is 2.33. The van der Waals surface area contributed by atoms with Crippen molar-refractivity contribution in [2.24, 2.45) is 5.92 Å². The second kappa shape index (κ2) is 5.40. The molecule has 0 aromatic heterocycles. The quantitative estimate of drug-likeness (QED) is 0.902. The third-order valence-corrected chi connectivity index (χ3v) is 3.37. The van der Waals surface area contributed by atoms with E-state index in [9.17, 15) is 9.59 Å². The van der Waals surface area contributed by atoms with E-state index in [0.29, 0.717) is 18.7 Å². The molecule has 1 aliphatic rings. The highest BCUT2D eigenvalue weighted by Crippen LogP contribution is 2.25. The summed E-state index contributed by atoms with van der Waals surface area (Å²) in [7, 11) is 1.60. The summed E-state index contributed by atoms with van der Waals surface area (Å²) in [4.78, 5) is 24.9. The van der Waals surface area contributed by atoms with E-state index in [1.54, 1.807) is 25.2 Å². The Morgan fingerprint density at radius 1 is 1.37 bits per heavy atom. The molecule has 102 valence electrons. The van der Waals surface area contributed by atoms with Crippen molar-refractivity contribution in [3.05, 3.63) is 29.8 Å². The van der Waals surface area contributed by atoms with Gasteiger partial charge in [0.25, 0.3) is 0 Å². The van der Waals surface area contributed by atoms with Crippen LogP contribution in [0.3, 0.4) is 0 Å². The first-order chi connectivity index (χ1) is 9.00. The average Bonchev–Trinajstić information content (AvgIpc) is 2.83. The summed E-state index contributed by atoms with van der Waals surface area (Å²) in [5.74, 6) is -1.33. The van der Waals surface area contributed by atoms with Gasteiger partial charge in [0.2, 0.25) is 5.91 Å². The molecule has 0 bridgehead atoms. The van der Waals surface area contributed by atoms with Crippen LogP contribution in [0.2, 0.25) is 0 Å². The molecule has 1 heterocycles. The Morgan fingerprint density at radius 2 is 2.05 bits per heavy atom. The smallest absolute Gasteiger partial charge is 0.337 e. The molecule has 2 rings (SSSR count). The number of carboxylic acids is 1. The highest BCUT2D eigenvalue weighted by Gasteiger charge is 2.31. The maximum absolute atomic E-state index is 12.3. The molecular weight excluding hydrogens is 246 g/mol. The molecule has 1 saturated heterocycles. The molecular formula is C14H17NO4. The lowest BCUT2D eigenvalue weighted by Gasteiger charge is -2.22. The second-order valence-electron chi connectivity index (χ2n) is 4.80. The number of hydrogen-bond donors (Lipinski definition) is 1. The molecule has 1 aromatic rings. The van der Waals surface area contributed by atoms with Gasteiger partial charge in [-0.3, -0.25) is 4.79 Å². The van der Waals surface area contributed by atoms with Gasteiger partial charge < -0.3 is 14.7 Å². The molecule has 19 heavy (non-hydrogen) atoms. The fraction of sp³-hybridized carbons (Fsp3) is 0.429. The Hall–Kier alpha value is -1.88. The summed E-state index contributed by atoms with van der Waals surface area (Å²) >= 11 is 0. The molecule has 1 aromatic carbocycles. The van der Waals surface area contributed by atoms with Crippen LogP contribution in [-0.2, 0) is 9.53 Å². The minimum absolute atomic E-state index is 0.0806. The zero-order valence-electron chi connectivity index (χ0n) is 11.0. The van der Waals surface area contributed by atoms with E-state index in [4.69, 9.17) is 9.84 Å². The summed E-state index contributed by atoms with van der Waals surface area (Å²) in [5.41, 5.74) is 0.546. The lowest BCUT2D eigenvalue weighted by atomic mass is 10.0. The molecule has 1 fully saturated rings. The van der Waals surface area contributed by atoms with Gasteiger partial charge in [-0.05, 0) is 25.5 Å². The van der Waals surface area contributed by atoms with Gasteiger partial charge in [0, 0.05) is 7.05 Å². The van der Waals surface area contributed by atoms with Crippen LogP contribution in [0.25, 0.3) is 0 Å². The summed E-state index contributed by atoms with van der Waals surface area (Å²) < 4.78 is 5.39. The number of aromatic carboxylic acids is 1. The number of carbonyl (C=O) groups is 2. The number of anilines is 1. The van der Waals surface area contributed by atoms with Crippen LogP contribution in [-0.4, -0.2) is 36.7 Å². The summed E-state index contributed by atoms with van der Waals surface area (Å²) in [5, 5.41) is 9.14. The minimum Gasteiger partial charge on any atom is -0.478 e. The predicted molar refractivity (Wildman–Crippen MR) is 70.3 cm³/mol. The number of carboxylic acid groups (broad SMARTS) is 1. The Labute approximate surface area is 111 Å². The maximum atomic E-state index is 12.3. The molecule has 5 nitrogen and oxygen atoms in total. The third-order valence-electron chi connectivity index (χ3n) is 3.37. The number of carbonyl (C=O) groups excluding carboxylic acids is 1. The van der Waals surface area contributed by atoms with Crippen molar-refractivity contribution in [3.63, 3.8) is 0 Å². The molecule has 0 spiro atoms. The van der Waals surface area contributed by atoms with Gasteiger partial charge in [-0.1, -0.05) is 12.1 Å². The first kappa shape index (κ1) is 13.5. The molecule has 0 saturated carbocycles. The van der Waals surface area contributed by atoms with Crippen molar-refractivity contribution in [1.82, 2.24) is 0 Å². The third kappa shape index (κ3) is 2.76. The molecule has 5 heteroatoms. The first-order valence-electron chi connectivity index (χ1n) is 6.22. The summed E-state index contributed by atoms with van der Waals surface area (Å²) in [6.07, 6.45) is 0.760. The van der Waals surface area contributed by atoms with Gasteiger partial charge >= 0.3 is 5.97 Å². The van der Waals surface area contributed by atoms with Crippen molar-refractivity contribution in [2.75, 3.05) is 18.6 Å². The van der Waals surface area contributed by atoms with Crippen molar-refractivity contribution in [3.8, 4) is 0 Å². The monoisotopic (exact) mass is 263 g/mol. The number of para-hydroxylation sites is 1. The average molecular weight is 263 g/mol. The summed E-state index contributed by atoms with van der Waals surface area (Å²) in [6, 6.07) is 6.50. The number of rotatable bonds is 3. The van der Waals surface area contributed by atoms with Crippen molar-refractivity contribution in [2.45, 2.75) is 19.4 Å². The van der Waals surface area contributed by atoms with Crippen LogP contribution in [0.5, 0.6) is 0 Å². The van der Waals surface area contributed by atoms with Crippen LogP contribution in [0.1, 0.15) is 23.7 Å². The molecule has 2 atom stereocenters. The van der Waals surface area contributed by atoms with Gasteiger partial charge in [-0.25, -0.2) is 4.79 Å². The predicted octanol–water partition coefficient (Wildman–Crippen LogP) is 1.77. The lowest BCUT2D eigenvalue weighted by molar-refractivity contribution is -0.122. The Kier molecular flexibility index (Phi) is 3.85. The Morgan fingerprint density at radius 3 is 2.63 bits per heavy atom. The van der Waals surface area contributed by atoms with E-state index in [1.807, 2.05) is 6.92 Å². The molecule has 0 aliphatic carbocycles. The van der Waals surface area contributed by atoms with Gasteiger partial charge in [0.05, 0.1) is 29.9 Å². The fourth-order valence-electron chi connectivity index (χ4n) is 2.33. The second-order valence-corrected chi connectivity index (χ2v) is 4.80. The fourth-order valence-corrected chi connectivity index (χ4v) is 2.33. The number of nitrogens with zero attached hydrogens (tertiary/aromatic N) is 1. The molecule has 0 radical (unpaired) electrons. The standard InChI is InChI=1S/C14H17NO4/c1-9-7-10(8-19-9)13(16)15(2)12-6-4-3-5-11(12)14(17)18/h3-6,9-10H,7-8H2,1-2H3,(H,17,18). The zero-order valence-corrected chi connectivity index (χ0v) is 11.0. The van der Waals surface area contributed by atoms with Crippen LogP contribution in [0, 0.1) is 5.92 Å². The first-order valence-corrected chi connectivity index (χ1v) is 6.22. The Balaban J connectivity index is 2.22. The van der Waals surface area contributed by atoms with Gasteiger partial charge in [-0.2, -0.15) is 0 Å². The normalized spacial score (nSPS) is 22.2. The minimum atomic E-state index is -1.04. The van der Waals surface area contributed by atoms with E-state index >= 15 is 0 Å². The molecule has 1 N–H and O–H groups in total. The number of amides is 1. The van der Waals surface area contributed by atoms with Crippen molar-refractivity contribution < 1.29 is 19.4 Å². The molecule has 1 amide bonds. The van der Waals surface area contributed by atoms with Crippen LogP contribution < -0.4 is 4.90 Å². The highest BCUT2D eigenvalue weighted by atomic mass is 16.5. The van der Waals surface area contributed by atoms with Gasteiger partial charge in [-0.15, -0.1) is 0 Å². The largest absolute Gasteiger partial charge is 0.478 e. The van der Waals surface area contributed by atoms with Crippen molar-refractivity contribution >= 4 is 17.6 Å². The van der Waals surface area contributed by atoms with Gasteiger partial charge in [0.1, 0.15) is 0 Å². The maximum Gasteiger partial charge on any atom is 0.337 e.